The molecule has 2 heterocycles. The Hall–Kier alpha value is -2.15. The largest absolute Gasteiger partial charge is 0.477 e. The number of aromatic carboxylic acids is 1. The summed E-state index contributed by atoms with van der Waals surface area (Å²) in [6.45, 7) is 5.36. The minimum atomic E-state index is -1.03. The van der Waals surface area contributed by atoms with E-state index in [0.717, 1.165) is 19.3 Å². The topological polar surface area (TPSA) is 91.8 Å². The number of hydrogen-bond donors (Lipinski definition) is 2. The molecule has 0 aliphatic carbocycles. The van der Waals surface area contributed by atoms with Gasteiger partial charge in [0, 0.05) is 38.8 Å². The predicted molar refractivity (Wildman–Crippen MR) is 90.3 cm³/mol. The molecule has 1 amide bonds. The lowest BCUT2D eigenvalue weighted by Gasteiger charge is -2.32. The second-order valence-electron chi connectivity index (χ2n) is 5.79. The Balaban J connectivity index is 1.77. The molecule has 1 aromatic heterocycles. The monoisotopic (exact) mass is 335 g/mol. The molecule has 7 nitrogen and oxygen atoms in total. The molecule has 0 spiro atoms. The molecule has 24 heavy (non-hydrogen) atoms. The number of anilines is 1. The summed E-state index contributed by atoms with van der Waals surface area (Å²) in [4.78, 5) is 29.3. The maximum atomic E-state index is 12.2. The first kappa shape index (κ1) is 18.2. The molecule has 0 unspecified atom stereocenters. The Morgan fingerprint density at radius 1 is 1.38 bits per heavy atom. The number of hydrogen-bond acceptors (Lipinski definition) is 5. The number of carboxylic acid groups (broad SMARTS) is 1. The van der Waals surface area contributed by atoms with E-state index >= 15 is 0 Å². The van der Waals surface area contributed by atoms with Crippen LogP contribution < -0.4 is 10.2 Å². The number of carboxylic acids is 1. The van der Waals surface area contributed by atoms with Crippen LogP contribution in [-0.2, 0) is 9.53 Å². The van der Waals surface area contributed by atoms with Crippen molar-refractivity contribution >= 4 is 17.7 Å². The third kappa shape index (κ3) is 5.19. The van der Waals surface area contributed by atoms with Crippen LogP contribution in [0.1, 0.15) is 36.7 Å². The molecular formula is C17H25N3O4. The van der Waals surface area contributed by atoms with Crippen LogP contribution in [0.5, 0.6) is 0 Å². The third-order valence-corrected chi connectivity index (χ3v) is 4.11. The first-order valence-corrected chi connectivity index (χ1v) is 8.42. The van der Waals surface area contributed by atoms with Crippen LogP contribution in [0.3, 0.4) is 0 Å². The molecule has 0 radical (unpaired) electrons. The van der Waals surface area contributed by atoms with Crippen LogP contribution in [-0.4, -0.2) is 54.8 Å². The van der Waals surface area contributed by atoms with Crippen molar-refractivity contribution in [2.24, 2.45) is 5.92 Å². The van der Waals surface area contributed by atoms with Gasteiger partial charge in [0.15, 0.2) is 5.69 Å². The van der Waals surface area contributed by atoms with Crippen LogP contribution in [0.15, 0.2) is 18.2 Å². The molecule has 2 rings (SSSR count). The summed E-state index contributed by atoms with van der Waals surface area (Å²) in [6, 6.07) is 4.98. The van der Waals surface area contributed by atoms with E-state index in [-0.39, 0.29) is 17.5 Å². The van der Waals surface area contributed by atoms with Gasteiger partial charge in [-0.3, -0.25) is 4.79 Å². The second kappa shape index (κ2) is 9.22. The molecule has 2 N–H and O–H groups in total. The number of carbonyl (C=O) groups excluding carboxylic acids is 1. The van der Waals surface area contributed by atoms with E-state index in [2.05, 4.69) is 10.3 Å². The zero-order valence-electron chi connectivity index (χ0n) is 14.0. The molecule has 1 aliphatic heterocycles. The van der Waals surface area contributed by atoms with Crippen LogP contribution >= 0.6 is 0 Å². The van der Waals surface area contributed by atoms with Crippen molar-refractivity contribution in [3.8, 4) is 0 Å². The van der Waals surface area contributed by atoms with Crippen molar-refractivity contribution in [2.75, 3.05) is 37.7 Å². The third-order valence-electron chi connectivity index (χ3n) is 4.11. The number of carbonyl (C=O) groups is 2. The van der Waals surface area contributed by atoms with Gasteiger partial charge < -0.3 is 20.1 Å². The molecule has 1 saturated heterocycles. The van der Waals surface area contributed by atoms with Crippen molar-refractivity contribution in [2.45, 2.75) is 26.2 Å². The van der Waals surface area contributed by atoms with E-state index in [0.29, 0.717) is 38.7 Å². The van der Waals surface area contributed by atoms with Crippen LogP contribution in [0, 0.1) is 5.92 Å². The first-order chi connectivity index (χ1) is 11.6. The van der Waals surface area contributed by atoms with E-state index in [1.54, 1.807) is 12.1 Å². The lowest BCUT2D eigenvalue weighted by molar-refractivity contribution is -0.125. The summed E-state index contributed by atoms with van der Waals surface area (Å²) >= 11 is 0. The summed E-state index contributed by atoms with van der Waals surface area (Å²) in [7, 11) is 0. The Bertz CT molecular complexity index is 557. The number of aromatic nitrogens is 1. The highest BCUT2D eigenvalue weighted by molar-refractivity contribution is 5.85. The van der Waals surface area contributed by atoms with Gasteiger partial charge in [-0.05, 0) is 38.3 Å². The number of rotatable bonds is 8. The normalized spacial score (nSPS) is 15.3. The van der Waals surface area contributed by atoms with Gasteiger partial charge >= 0.3 is 5.97 Å². The fourth-order valence-corrected chi connectivity index (χ4v) is 2.76. The van der Waals surface area contributed by atoms with Gasteiger partial charge in [-0.25, -0.2) is 9.78 Å². The number of nitrogens with one attached hydrogen (secondary N) is 1. The van der Waals surface area contributed by atoms with Gasteiger partial charge in [0.05, 0.1) is 0 Å². The highest BCUT2D eigenvalue weighted by Gasteiger charge is 2.25. The number of ether oxygens (including phenoxy) is 1. The van der Waals surface area contributed by atoms with E-state index < -0.39 is 5.97 Å². The van der Waals surface area contributed by atoms with Crippen LogP contribution in [0.4, 0.5) is 5.82 Å². The fourth-order valence-electron chi connectivity index (χ4n) is 2.76. The molecule has 132 valence electrons. The van der Waals surface area contributed by atoms with Crippen molar-refractivity contribution in [1.82, 2.24) is 10.3 Å². The molecule has 0 atom stereocenters. The van der Waals surface area contributed by atoms with E-state index in [9.17, 15) is 9.59 Å². The smallest absolute Gasteiger partial charge is 0.354 e. The second-order valence-corrected chi connectivity index (χ2v) is 5.79. The fraction of sp³-hybridized carbons (Fsp3) is 0.588. The highest BCUT2D eigenvalue weighted by atomic mass is 16.5. The van der Waals surface area contributed by atoms with Crippen LogP contribution in [0.25, 0.3) is 0 Å². The maximum Gasteiger partial charge on any atom is 0.354 e. The molecular weight excluding hydrogens is 310 g/mol. The lowest BCUT2D eigenvalue weighted by Crippen LogP contribution is -2.41. The highest BCUT2D eigenvalue weighted by Crippen LogP contribution is 2.22. The van der Waals surface area contributed by atoms with E-state index in [1.807, 2.05) is 11.8 Å². The van der Waals surface area contributed by atoms with Crippen molar-refractivity contribution in [3.63, 3.8) is 0 Å². The Morgan fingerprint density at radius 2 is 2.12 bits per heavy atom. The Morgan fingerprint density at radius 3 is 2.79 bits per heavy atom. The van der Waals surface area contributed by atoms with Crippen molar-refractivity contribution in [3.05, 3.63) is 23.9 Å². The maximum absolute atomic E-state index is 12.2. The predicted octanol–water partition coefficient (Wildman–Crippen LogP) is 1.54. The van der Waals surface area contributed by atoms with Crippen LogP contribution in [0.2, 0.25) is 0 Å². The lowest BCUT2D eigenvalue weighted by atomic mass is 9.96. The summed E-state index contributed by atoms with van der Waals surface area (Å²) in [5.74, 6) is -0.266. The summed E-state index contributed by atoms with van der Waals surface area (Å²) in [5.41, 5.74) is 0.0432. The summed E-state index contributed by atoms with van der Waals surface area (Å²) < 4.78 is 5.24. The van der Waals surface area contributed by atoms with Crippen molar-refractivity contribution < 1.29 is 19.4 Å². The Labute approximate surface area is 142 Å². The summed E-state index contributed by atoms with van der Waals surface area (Å²) in [6.07, 6.45) is 2.32. The van der Waals surface area contributed by atoms with E-state index in [4.69, 9.17) is 9.84 Å². The van der Waals surface area contributed by atoms with Gasteiger partial charge in [-0.1, -0.05) is 6.07 Å². The molecule has 1 aliphatic rings. The SMILES string of the molecule is CCOCCCNC(=O)C1CCN(c2cccc(C(=O)O)n2)CC1. The van der Waals surface area contributed by atoms with Gasteiger partial charge in [0.2, 0.25) is 5.91 Å². The van der Waals surface area contributed by atoms with Crippen molar-refractivity contribution in [1.29, 1.82) is 0 Å². The van der Waals surface area contributed by atoms with E-state index in [1.165, 1.54) is 6.07 Å². The van der Waals surface area contributed by atoms with Gasteiger partial charge in [-0.15, -0.1) is 0 Å². The Kier molecular flexibility index (Phi) is 6.99. The molecule has 0 aromatic carbocycles. The van der Waals surface area contributed by atoms with Gasteiger partial charge in [0.1, 0.15) is 5.82 Å². The molecule has 1 aromatic rings. The summed E-state index contributed by atoms with van der Waals surface area (Å²) in [5, 5.41) is 12.0. The molecule has 0 bridgehead atoms. The van der Waals surface area contributed by atoms with Gasteiger partial charge in [0.25, 0.3) is 0 Å². The zero-order valence-corrected chi connectivity index (χ0v) is 14.0. The average Bonchev–Trinajstić information content (AvgIpc) is 2.61. The molecule has 1 fully saturated rings. The minimum Gasteiger partial charge on any atom is -0.477 e. The zero-order chi connectivity index (χ0) is 17.4. The first-order valence-electron chi connectivity index (χ1n) is 8.42. The number of pyridine rings is 1. The quantitative estimate of drug-likeness (QED) is 0.700. The molecule has 7 heteroatoms. The number of piperidine rings is 1. The average molecular weight is 335 g/mol. The van der Waals surface area contributed by atoms with Gasteiger partial charge in [-0.2, -0.15) is 0 Å². The standard InChI is InChI=1S/C17H25N3O4/c1-2-24-12-4-9-18-16(21)13-7-10-20(11-8-13)15-6-3-5-14(19-15)17(22)23/h3,5-6,13H,2,4,7-12H2,1H3,(H,18,21)(H,22,23). The minimum absolute atomic E-state index is 0.0102. The number of nitrogens with zero attached hydrogens (tertiary/aromatic N) is 2. The molecule has 0 saturated carbocycles. The number of amides is 1.